The van der Waals surface area contributed by atoms with Crippen LogP contribution < -0.4 is 5.32 Å². The Hall–Kier alpha value is -1.46. The van der Waals surface area contributed by atoms with Gasteiger partial charge in [0.1, 0.15) is 0 Å². The molecule has 1 aromatic carbocycles. The van der Waals surface area contributed by atoms with E-state index >= 15 is 0 Å². The van der Waals surface area contributed by atoms with Crippen LogP contribution >= 0.6 is 11.3 Å². The van der Waals surface area contributed by atoms with Crippen molar-refractivity contribution in [3.63, 3.8) is 0 Å². The first-order valence-electron chi connectivity index (χ1n) is 8.93. The molecule has 0 bridgehead atoms. The maximum absolute atomic E-state index is 12.1. The van der Waals surface area contributed by atoms with Crippen LogP contribution in [0.15, 0.2) is 23.7 Å². The lowest BCUT2D eigenvalue weighted by molar-refractivity contribution is 0.0875. The highest BCUT2D eigenvalue weighted by molar-refractivity contribution is 7.16. The number of hydrogen-bond acceptors (Lipinski definition) is 4. The lowest BCUT2D eigenvalue weighted by Crippen LogP contribution is -2.25. The van der Waals surface area contributed by atoms with Crippen molar-refractivity contribution in [1.29, 1.82) is 0 Å². The van der Waals surface area contributed by atoms with Gasteiger partial charge in [-0.3, -0.25) is 4.79 Å². The van der Waals surface area contributed by atoms with Gasteiger partial charge in [0, 0.05) is 25.3 Å². The third-order valence-corrected chi connectivity index (χ3v) is 5.03. The van der Waals surface area contributed by atoms with Gasteiger partial charge in [0.05, 0.1) is 15.7 Å². The Morgan fingerprint density at radius 1 is 1.33 bits per heavy atom. The number of thiazole rings is 1. The zero-order valence-electron chi connectivity index (χ0n) is 14.7. The van der Waals surface area contributed by atoms with E-state index in [-0.39, 0.29) is 5.91 Å². The van der Waals surface area contributed by atoms with Crippen molar-refractivity contribution < 1.29 is 9.53 Å². The minimum atomic E-state index is -0.0281. The van der Waals surface area contributed by atoms with Crippen LogP contribution in [0.3, 0.4) is 0 Å². The van der Waals surface area contributed by atoms with Crippen LogP contribution in [0.1, 0.15) is 56.3 Å². The van der Waals surface area contributed by atoms with E-state index in [1.807, 2.05) is 18.2 Å². The van der Waals surface area contributed by atoms with Crippen LogP contribution in [-0.2, 0) is 4.74 Å². The molecule has 0 aliphatic rings. The Morgan fingerprint density at radius 2 is 2.21 bits per heavy atom. The van der Waals surface area contributed by atoms with Crippen LogP contribution in [0.4, 0.5) is 0 Å². The lowest BCUT2D eigenvalue weighted by atomic mass is 10.0. The van der Waals surface area contributed by atoms with E-state index in [2.05, 4.69) is 24.1 Å². The number of unbranched alkanes of at least 4 members (excludes halogenated alkanes) is 1. The summed E-state index contributed by atoms with van der Waals surface area (Å²) in [6.07, 6.45) is 5.80. The van der Waals surface area contributed by atoms with E-state index in [9.17, 15) is 4.79 Å². The fourth-order valence-corrected chi connectivity index (χ4v) is 3.34. The second-order valence-electron chi connectivity index (χ2n) is 6.14. The second-order valence-corrected chi connectivity index (χ2v) is 7.02. The molecular weight excluding hydrogens is 320 g/mol. The van der Waals surface area contributed by atoms with Gasteiger partial charge in [0.25, 0.3) is 5.91 Å². The summed E-state index contributed by atoms with van der Waals surface area (Å²) in [5.74, 6) is 0.644. The zero-order chi connectivity index (χ0) is 17.2. The van der Waals surface area contributed by atoms with Gasteiger partial charge in [-0.15, -0.1) is 11.3 Å². The second kappa shape index (κ2) is 10.4. The highest BCUT2D eigenvalue weighted by atomic mass is 32.1. The van der Waals surface area contributed by atoms with Crippen LogP contribution in [0.5, 0.6) is 0 Å². The molecule has 0 saturated carbocycles. The predicted molar refractivity (Wildman–Crippen MR) is 101 cm³/mol. The molecule has 2 rings (SSSR count). The first-order chi connectivity index (χ1) is 11.7. The van der Waals surface area contributed by atoms with Crippen LogP contribution in [0.25, 0.3) is 10.2 Å². The topological polar surface area (TPSA) is 51.2 Å². The first kappa shape index (κ1) is 18.9. The minimum Gasteiger partial charge on any atom is -0.381 e. The molecule has 0 fully saturated rings. The number of fused-ring (bicyclic) bond motifs is 1. The number of rotatable bonds is 11. The summed E-state index contributed by atoms with van der Waals surface area (Å²) in [4.78, 5) is 16.4. The standard InChI is InChI=1S/C19H28N2O2S/c1-3-5-7-15(4-2)13-23-11-6-10-20-19(22)16-8-9-17-18(12-16)24-14-21-17/h8-9,12,14-15H,3-7,10-11,13H2,1-2H3,(H,20,22). The van der Waals surface area contributed by atoms with Crippen molar-refractivity contribution in [2.24, 2.45) is 5.92 Å². The molecular formula is C19H28N2O2S. The average molecular weight is 349 g/mol. The number of ether oxygens (including phenoxy) is 1. The Morgan fingerprint density at radius 3 is 3.00 bits per heavy atom. The molecule has 2 aromatic rings. The molecule has 0 spiro atoms. The van der Waals surface area contributed by atoms with E-state index < -0.39 is 0 Å². The van der Waals surface area contributed by atoms with Gasteiger partial charge in [-0.05, 0) is 37.0 Å². The molecule has 4 nitrogen and oxygen atoms in total. The number of carbonyl (C=O) groups excluding carboxylic acids is 1. The largest absolute Gasteiger partial charge is 0.381 e. The maximum Gasteiger partial charge on any atom is 0.251 e. The predicted octanol–water partition coefficient (Wildman–Crippen LogP) is 4.65. The Bertz CT molecular complexity index is 627. The van der Waals surface area contributed by atoms with Crippen LogP contribution in [0, 0.1) is 5.92 Å². The third kappa shape index (κ3) is 5.87. The van der Waals surface area contributed by atoms with Gasteiger partial charge in [0.2, 0.25) is 0 Å². The number of aromatic nitrogens is 1. The summed E-state index contributed by atoms with van der Waals surface area (Å²) in [6, 6.07) is 5.62. The van der Waals surface area contributed by atoms with E-state index in [4.69, 9.17) is 4.74 Å². The number of carbonyl (C=O) groups is 1. The first-order valence-corrected chi connectivity index (χ1v) is 9.81. The lowest BCUT2D eigenvalue weighted by Gasteiger charge is -2.14. The van der Waals surface area contributed by atoms with Gasteiger partial charge in [-0.1, -0.05) is 33.1 Å². The molecule has 1 amide bonds. The molecule has 1 atom stereocenters. The Balaban J connectivity index is 1.62. The van der Waals surface area contributed by atoms with Gasteiger partial charge >= 0.3 is 0 Å². The van der Waals surface area contributed by atoms with E-state index in [1.54, 1.807) is 16.8 Å². The summed E-state index contributed by atoms with van der Waals surface area (Å²) >= 11 is 1.55. The average Bonchev–Trinajstić information content (AvgIpc) is 3.07. The molecule has 1 N–H and O–H groups in total. The summed E-state index contributed by atoms with van der Waals surface area (Å²) in [6.45, 7) is 6.64. The van der Waals surface area contributed by atoms with Gasteiger partial charge in [-0.2, -0.15) is 0 Å². The van der Waals surface area contributed by atoms with Crippen molar-refractivity contribution in [3.05, 3.63) is 29.3 Å². The van der Waals surface area contributed by atoms with Crippen molar-refractivity contribution >= 4 is 27.5 Å². The Kier molecular flexibility index (Phi) is 8.19. The van der Waals surface area contributed by atoms with Crippen LogP contribution in [-0.4, -0.2) is 30.6 Å². The quantitative estimate of drug-likeness (QED) is 0.601. The van der Waals surface area contributed by atoms with E-state index in [0.29, 0.717) is 24.6 Å². The molecule has 132 valence electrons. The van der Waals surface area contributed by atoms with Crippen molar-refractivity contribution in [3.8, 4) is 0 Å². The van der Waals surface area contributed by atoms with Crippen molar-refractivity contribution in [1.82, 2.24) is 10.3 Å². The molecule has 1 unspecified atom stereocenters. The number of nitrogens with zero attached hydrogens (tertiary/aromatic N) is 1. The van der Waals surface area contributed by atoms with Crippen molar-refractivity contribution in [2.75, 3.05) is 19.8 Å². The van der Waals surface area contributed by atoms with Crippen molar-refractivity contribution in [2.45, 2.75) is 46.0 Å². The summed E-state index contributed by atoms with van der Waals surface area (Å²) in [7, 11) is 0. The molecule has 0 aliphatic heterocycles. The molecule has 0 saturated heterocycles. The molecule has 0 radical (unpaired) electrons. The number of amides is 1. The maximum atomic E-state index is 12.1. The SMILES string of the molecule is CCCCC(CC)COCCCNC(=O)c1ccc2ncsc2c1. The van der Waals surface area contributed by atoms with Gasteiger partial charge in [-0.25, -0.2) is 4.98 Å². The molecule has 0 aliphatic carbocycles. The number of hydrogen-bond donors (Lipinski definition) is 1. The summed E-state index contributed by atoms with van der Waals surface area (Å²) < 4.78 is 6.81. The number of nitrogens with one attached hydrogen (secondary N) is 1. The summed E-state index contributed by atoms with van der Waals surface area (Å²) in [5, 5.41) is 2.96. The normalized spacial score (nSPS) is 12.4. The molecule has 5 heteroatoms. The zero-order valence-corrected chi connectivity index (χ0v) is 15.5. The highest BCUT2D eigenvalue weighted by Gasteiger charge is 2.08. The fraction of sp³-hybridized carbons (Fsp3) is 0.579. The third-order valence-electron chi connectivity index (χ3n) is 4.24. The van der Waals surface area contributed by atoms with E-state index in [1.165, 1.54) is 25.7 Å². The summed E-state index contributed by atoms with van der Waals surface area (Å²) in [5.41, 5.74) is 3.44. The van der Waals surface area contributed by atoms with Gasteiger partial charge in [0.15, 0.2) is 0 Å². The Labute approximate surface area is 148 Å². The molecule has 1 heterocycles. The highest BCUT2D eigenvalue weighted by Crippen LogP contribution is 2.19. The monoisotopic (exact) mass is 348 g/mol. The smallest absolute Gasteiger partial charge is 0.251 e. The van der Waals surface area contributed by atoms with E-state index in [0.717, 1.165) is 23.2 Å². The minimum absolute atomic E-state index is 0.0281. The van der Waals surface area contributed by atoms with Crippen LogP contribution in [0.2, 0.25) is 0 Å². The molecule has 1 aromatic heterocycles. The van der Waals surface area contributed by atoms with Gasteiger partial charge < -0.3 is 10.1 Å². The molecule has 24 heavy (non-hydrogen) atoms. The number of benzene rings is 1. The fourth-order valence-electron chi connectivity index (χ4n) is 2.62.